The fourth-order valence-corrected chi connectivity index (χ4v) is 5.43. The van der Waals surface area contributed by atoms with Gasteiger partial charge < -0.3 is 31.9 Å². The predicted octanol–water partition coefficient (Wildman–Crippen LogP) is -0.421. The summed E-state index contributed by atoms with van der Waals surface area (Å²) in [6.07, 6.45) is 0.318. The Bertz CT molecular complexity index is 1140. The number of aromatic hydroxyl groups is 1. The average Bonchev–Trinajstić information content (AvgIpc) is 2.70. The maximum atomic E-state index is 13.4. The van der Waals surface area contributed by atoms with Crippen molar-refractivity contribution in [2.24, 2.45) is 23.3 Å². The highest BCUT2D eigenvalue weighted by molar-refractivity contribution is 6.24. The molecule has 3 aliphatic rings. The molecule has 8 N–H and O–H groups in total. The second-order valence-corrected chi connectivity index (χ2v) is 8.77. The maximum absolute atomic E-state index is 13.4. The van der Waals surface area contributed by atoms with Crippen LogP contribution >= 0.6 is 0 Å². The summed E-state index contributed by atoms with van der Waals surface area (Å²) in [6, 6.07) is 2.30. The highest BCUT2D eigenvalue weighted by Crippen LogP contribution is 2.52. The first-order valence-electron chi connectivity index (χ1n) is 10.1. The number of likely N-dealkylation sites (N-methyl/N-ethyl adjacent to an activating group) is 1. The summed E-state index contributed by atoms with van der Waals surface area (Å²) >= 11 is 0. The number of fused-ring (bicyclic) bond motifs is 3. The van der Waals surface area contributed by atoms with E-state index in [9.17, 15) is 34.8 Å². The number of primary amides is 1. The number of ketones is 2. The van der Waals surface area contributed by atoms with Gasteiger partial charge in [-0.25, -0.2) is 0 Å². The van der Waals surface area contributed by atoms with Gasteiger partial charge in [0.25, 0.3) is 5.91 Å². The third-order valence-corrected chi connectivity index (χ3v) is 6.90. The minimum Gasteiger partial charge on any atom is -0.510 e. The highest BCUT2D eigenvalue weighted by Gasteiger charge is 2.63. The zero-order valence-corrected chi connectivity index (χ0v) is 17.6. The number of aliphatic hydroxyl groups excluding tert-OH is 2. The average molecular weight is 443 g/mol. The first-order chi connectivity index (χ1) is 15.0. The Morgan fingerprint density at radius 1 is 1.22 bits per heavy atom. The molecule has 4 atom stereocenters. The Hall–Kier alpha value is -3.21. The number of nitrogens with zero attached hydrogens (tertiary/aromatic N) is 1. The topological polar surface area (TPSA) is 187 Å². The fraction of sp³-hybridized carbons (Fsp3) is 0.409. The molecule has 0 unspecified atom stereocenters. The number of Topliss-reactive ketones (excluding diaryl/α,β-unsaturated/α-hetero) is 2. The fourth-order valence-electron chi connectivity index (χ4n) is 5.43. The number of carbonyl (C=O) groups excluding carboxylic acids is 3. The van der Waals surface area contributed by atoms with Crippen LogP contribution in [-0.4, -0.2) is 68.5 Å². The SMILES string of the molecule is CN(C)[C@H]1C(O)=C(C(N)=O)C(=O)[C@]2(O)C(O)=C3C(=O)c4c(ccc(CN)c4O)C[C@@H]3C[C@H]12. The zero-order valence-electron chi connectivity index (χ0n) is 17.6. The molecule has 10 heteroatoms. The normalized spacial score (nSPS) is 29.7. The van der Waals surface area contributed by atoms with Gasteiger partial charge in [0.15, 0.2) is 11.4 Å². The Kier molecular flexibility index (Phi) is 4.92. The molecule has 0 saturated carbocycles. The van der Waals surface area contributed by atoms with E-state index in [-0.39, 0.29) is 36.3 Å². The number of aliphatic hydroxyl groups is 3. The number of hydrogen-bond donors (Lipinski definition) is 6. The molecule has 0 heterocycles. The molecular weight excluding hydrogens is 418 g/mol. The molecule has 1 amide bonds. The van der Waals surface area contributed by atoms with Crippen LogP contribution in [0.15, 0.2) is 34.8 Å². The van der Waals surface area contributed by atoms with Crippen molar-refractivity contribution in [2.75, 3.05) is 14.1 Å². The van der Waals surface area contributed by atoms with Crippen LogP contribution in [0, 0.1) is 11.8 Å². The van der Waals surface area contributed by atoms with Crippen molar-refractivity contribution < 1.29 is 34.8 Å². The van der Waals surface area contributed by atoms with Gasteiger partial charge in [0.2, 0.25) is 5.78 Å². The summed E-state index contributed by atoms with van der Waals surface area (Å²) in [6.45, 7) is -0.0120. The number of nitrogens with two attached hydrogens (primary N) is 2. The molecule has 3 aliphatic carbocycles. The zero-order chi connectivity index (χ0) is 23.7. The van der Waals surface area contributed by atoms with Gasteiger partial charge in [-0.3, -0.25) is 19.3 Å². The highest BCUT2D eigenvalue weighted by atomic mass is 16.3. The van der Waals surface area contributed by atoms with Crippen LogP contribution in [-0.2, 0) is 22.6 Å². The molecule has 0 aliphatic heterocycles. The lowest BCUT2D eigenvalue weighted by atomic mass is 9.58. The number of benzene rings is 1. The van der Waals surface area contributed by atoms with E-state index in [1.54, 1.807) is 26.2 Å². The number of rotatable bonds is 3. The Labute approximate surface area is 183 Å². The molecule has 1 aromatic rings. The minimum absolute atomic E-state index is 0.0120. The van der Waals surface area contributed by atoms with E-state index in [0.717, 1.165) is 0 Å². The van der Waals surface area contributed by atoms with Crippen molar-refractivity contribution in [3.63, 3.8) is 0 Å². The number of carbonyl (C=O) groups is 3. The van der Waals surface area contributed by atoms with Crippen LogP contribution < -0.4 is 11.5 Å². The van der Waals surface area contributed by atoms with Crippen LogP contribution in [0.4, 0.5) is 0 Å². The monoisotopic (exact) mass is 443 g/mol. The lowest BCUT2D eigenvalue weighted by molar-refractivity contribution is -0.148. The van der Waals surface area contributed by atoms with E-state index in [2.05, 4.69) is 0 Å². The van der Waals surface area contributed by atoms with Gasteiger partial charge in [0, 0.05) is 23.6 Å². The largest absolute Gasteiger partial charge is 0.510 e. The van der Waals surface area contributed by atoms with Gasteiger partial charge in [-0.1, -0.05) is 12.1 Å². The lowest BCUT2D eigenvalue weighted by Gasteiger charge is -2.50. The lowest BCUT2D eigenvalue weighted by Crippen LogP contribution is -2.63. The summed E-state index contributed by atoms with van der Waals surface area (Å²) in [5.74, 6) is -6.62. The van der Waals surface area contributed by atoms with Crippen molar-refractivity contribution in [1.29, 1.82) is 0 Å². The summed E-state index contributed by atoms with van der Waals surface area (Å²) in [5.41, 5.74) is 8.13. The van der Waals surface area contributed by atoms with Gasteiger partial charge in [-0.05, 0) is 38.4 Å². The molecule has 4 rings (SSSR count). The predicted molar refractivity (Wildman–Crippen MR) is 112 cm³/mol. The van der Waals surface area contributed by atoms with Gasteiger partial charge in [0.1, 0.15) is 22.8 Å². The van der Waals surface area contributed by atoms with Crippen molar-refractivity contribution >= 4 is 17.5 Å². The molecule has 0 spiro atoms. The van der Waals surface area contributed by atoms with Crippen molar-refractivity contribution in [1.82, 2.24) is 4.90 Å². The smallest absolute Gasteiger partial charge is 0.255 e. The van der Waals surface area contributed by atoms with E-state index in [4.69, 9.17) is 11.5 Å². The summed E-state index contributed by atoms with van der Waals surface area (Å²) in [7, 11) is 3.17. The summed E-state index contributed by atoms with van der Waals surface area (Å²) < 4.78 is 0. The Balaban J connectivity index is 1.96. The summed E-state index contributed by atoms with van der Waals surface area (Å²) in [5, 5.41) is 43.8. The Morgan fingerprint density at radius 3 is 2.44 bits per heavy atom. The third-order valence-electron chi connectivity index (χ3n) is 6.90. The Morgan fingerprint density at radius 2 is 1.88 bits per heavy atom. The molecule has 10 nitrogen and oxygen atoms in total. The molecule has 1 aromatic carbocycles. The van der Waals surface area contributed by atoms with Crippen LogP contribution in [0.2, 0.25) is 0 Å². The van der Waals surface area contributed by atoms with E-state index < -0.39 is 58.0 Å². The quantitative estimate of drug-likeness (QED) is 0.337. The molecule has 32 heavy (non-hydrogen) atoms. The van der Waals surface area contributed by atoms with Crippen LogP contribution in [0.1, 0.15) is 27.9 Å². The van der Waals surface area contributed by atoms with E-state index in [0.29, 0.717) is 11.1 Å². The summed E-state index contributed by atoms with van der Waals surface area (Å²) in [4.78, 5) is 40.0. The van der Waals surface area contributed by atoms with Crippen molar-refractivity contribution in [2.45, 2.75) is 31.0 Å². The first-order valence-corrected chi connectivity index (χ1v) is 10.1. The van der Waals surface area contributed by atoms with Crippen molar-refractivity contribution in [3.8, 4) is 5.75 Å². The second kappa shape index (κ2) is 7.16. The standard InChI is InChI=1S/C22H25N3O7/c1-25(2)15-11-6-10-5-8-3-4-9(7-23)16(26)12(8)17(27)13(10)19(29)22(11,32)20(30)14(18(15)28)21(24)31/h3-4,10-11,15,26,28-29,32H,5-7,23H2,1-2H3,(H2,24,31)/t10-,11-,15-,22-/m1/s1. The maximum Gasteiger partial charge on any atom is 0.255 e. The minimum atomic E-state index is -2.63. The molecule has 0 fully saturated rings. The third kappa shape index (κ3) is 2.66. The first kappa shape index (κ1) is 22.0. The number of amides is 1. The molecule has 0 radical (unpaired) electrons. The number of hydrogen-bond acceptors (Lipinski definition) is 9. The van der Waals surface area contributed by atoms with Gasteiger partial charge >= 0.3 is 0 Å². The van der Waals surface area contributed by atoms with E-state index in [1.165, 1.54) is 4.90 Å². The molecule has 0 bridgehead atoms. The van der Waals surface area contributed by atoms with Gasteiger partial charge in [-0.2, -0.15) is 0 Å². The number of phenols is 1. The van der Waals surface area contributed by atoms with Crippen LogP contribution in [0.5, 0.6) is 5.75 Å². The molecular formula is C22H25N3O7. The van der Waals surface area contributed by atoms with E-state index >= 15 is 0 Å². The van der Waals surface area contributed by atoms with Gasteiger partial charge in [0.05, 0.1) is 11.6 Å². The second-order valence-electron chi connectivity index (χ2n) is 8.77. The van der Waals surface area contributed by atoms with Crippen LogP contribution in [0.3, 0.4) is 0 Å². The van der Waals surface area contributed by atoms with E-state index in [1.807, 2.05) is 0 Å². The van der Waals surface area contributed by atoms with Crippen LogP contribution in [0.25, 0.3) is 0 Å². The number of phenolic OH excluding ortho intramolecular Hbond substituents is 1. The number of allylic oxidation sites excluding steroid dienone is 1. The molecule has 0 saturated heterocycles. The van der Waals surface area contributed by atoms with Crippen molar-refractivity contribution in [3.05, 3.63) is 51.5 Å². The van der Waals surface area contributed by atoms with Gasteiger partial charge in [-0.15, -0.1) is 0 Å². The molecule has 170 valence electrons. The molecule has 0 aromatic heterocycles.